The highest BCUT2D eigenvalue weighted by Crippen LogP contribution is 2.30. The van der Waals surface area contributed by atoms with Crippen molar-refractivity contribution in [2.45, 2.75) is 58.9 Å². The van der Waals surface area contributed by atoms with Gasteiger partial charge in [0, 0.05) is 37.4 Å². The van der Waals surface area contributed by atoms with E-state index in [-0.39, 0.29) is 36.1 Å². The standard InChI is InChI=1S/C24H36N4O5S/c1-6-33-22-9-7-20(15-23(22)34(30,31)27-11-13-32-14-12-27)25-24(29)10-8-21-18(4)26-28(19(21)5)16-17(2)3/h7,9,15,17H,6,8,10-14,16H2,1-5H3,(H,25,29). The van der Waals surface area contributed by atoms with E-state index in [2.05, 4.69) is 24.3 Å². The molecule has 9 nitrogen and oxygen atoms in total. The van der Waals surface area contributed by atoms with Gasteiger partial charge >= 0.3 is 0 Å². The van der Waals surface area contributed by atoms with Gasteiger partial charge in [-0.2, -0.15) is 9.40 Å². The second kappa shape index (κ2) is 11.3. The van der Waals surface area contributed by atoms with Crippen molar-refractivity contribution < 1.29 is 22.7 Å². The van der Waals surface area contributed by atoms with Crippen LogP contribution in [0.5, 0.6) is 5.75 Å². The third-order valence-electron chi connectivity index (χ3n) is 5.79. The summed E-state index contributed by atoms with van der Waals surface area (Å²) in [5, 5.41) is 7.46. The van der Waals surface area contributed by atoms with Gasteiger partial charge in [-0.1, -0.05) is 13.8 Å². The number of carbonyl (C=O) groups excluding carboxylic acids is 1. The fourth-order valence-corrected chi connectivity index (χ4v) is 5.63. The molecule has 2 heterocycles. The lowest BCUT2D eigenvalue weighted by Gasteiger charge is -2.27. The lowest BCUT2D eigenvalue weighted by molar-refractivity contribution is -0.116. The SMILES string of the molecule is CCOc1ccc(NC(=O)CCc2c(C)nn(CC(C)C)c2C)cc1S(=O)(=O)N1CCOCC1. The van der Waals surface area contributed by atoms with Crippen LogP contribution in [0, 0.1) is 19.8 Å². The topological polar surface area (TPSA) is 103 Å². The van der Waals surface area contributed by atoms with Crippen molar-refractivity contribution in [2.24, 2.45) is 5.92 Å². The van der Waals surface area contributed by atoms with E-state index in [1.165, 1.54) is 10.4 Å². The zero-order valence-electron chi connectivity index (χ0n) is 20.8. The quantitative estimate of drug-likeness (QED) is 0.547. The highest BCUT2D eigenvalue weighted by Gasteiger charge is 2.30. The number of aromatic nitrogens is 2. The van der Waals surface area contributed by atoms with Crippen LogP contribution in [0.25, 0.3) is 0 Å². The van der Waals surface area contributed by atoms with Gasteiger partial charge in [0.25, 0.3) is 0 Å². The molecule has 34 heavy (non-hydrogen) atoms. The highest BCUT2D eigenvalue weighted by atomic mass is 32.2. The minimum atomic E-state index is -3.78. The van der Waals surface area contributed by atoms with E-state index in [1.807, 2.05) is 18.5 Å². The lowest BCUT2D eigenvalue weighted by atomic mass is 10.1. The third-order valence-corrected chi connectivity index (χ3v) is 7.71. The number of nitrogens with zero attached hydrogens (tertiary/aromatic N) is 3. The number of aryl methyl sites for hydroxylation is 1. The lowest BCUT2D eigenvalue weighted by Crippen LogP contribution is -2.40. The molecule has 0 unspecified atom stereocenters. The van der Waals surface area contributed by atoms with Gasteiger partial charge in [-0.05, 0) is 56.9 Å². The summed E-state index contributed by atoms with van der Waals surface area (Å²) in [6.07, 6.45) is 0.839. The molecule has 1 saturated heterocycles. The molecule has 1 aromatic carbocycles. The molecule has 1 N–H and O–H groups in total. The first-order chi connectivity index (χ1) is 16.1. The van der Waals surface area contributed by atoms with Crippen molar-refractivity contribution >= 4 is 21.6 Å². The molecule has 0 atom stereocenters. The molecular formula is C24H36N4O5S. The highest BCUT2D eigenvalue weighted by molar-refractivity contribution is 7.89. The monoisotopic (exact) mass is 492 g/mol. The van der Waals surface area contributed by atoms with E-state index in [1.54, 1.807) is 19.1 Å². The van der Waals surface area contributed by atoms with E-state index in [0.717, 1.165) is 23.5 Å². The summed E-state index contributed by atoms with van der Waals surface area (Å²) >= 11 is 0. The van der Waals surface area contributed by atoms with Crippen molar-refractivity contribution in [3.63, 3.8) is 0 Å². The minimum absolute atomic E-state index is 0.0516. The van der Waals surface area contributed by atoms with Crippen LogP contribution in [0.2, 0.25) is 0 Å². The largest absolute Gasteiger partial charge is 0.492 e. The minimum Gasteiger partial charge on any atom is -0.492 e. The number of benzene rings is 1. The third kappa shape index (κ3) is 6.17. The van der Waals surface area contributed by atoms with Crippen LogP contribution < -0.4 is 10.1 Å². The first kappa shape index (κ1) is 26.2. The zero-order chi connectivity index (χ0) is 24.9. The molecule has 0 bridgehead atoms. The molecule has 1 aliphatic heterocycles. The Hall–Kier alpha value is -2.43. The van der Waals surface area contributed by atoms with Crippen LogP contribution in [-0.4, -0.2) is 61.3 Å². The Bertz CT molecular complexity index is 1100. The number of anilines is 1. The zero-order valence-corrected chi connectivity index (χ0v) is 21.6. The maximum absolute atomic E-state index is 13.3. The van der Waals surface area contributed by atoms with E-state index in [4.69, 9.17) is 9.47 Å². The average molecular weight is 493 g/mol. The van der Waals surface area contributed by atoms with Crippen LogP contribution in [0.3, 0.4) is 0 Å². The smallest absolute Gasteiger partial charge is 0.246 e. The number of ether oxygens (including phenoxy) is 2. The molecule has 188 valence electrons. The molecule has 1 fully saturated rings. The molecule has 1 aromatic heterocycles. The maximum atomic E-state index is 13.3. The van der Waals surface area contributed by atoms with Crippen molar-refractivity contribution in [1.29, 1.82) is 0 Å². The van der Waals surface area contributed by atoms with Crippen LogP contribution in [0.4, 0.5) is 5.69 Å². The second-order valence-electron chi connectivity index (χ2n) is 8.88. The average Bonchev–Trinajstić information content (AvgIpc) is 3.05. The first-order valence-electron chi connectivity index (χ1n) is 11.8. The van der Waals surface area contributed by atoms with E-state index in [9.17, 15) is 13.2 Å². The van der Waals surface area contributed by atoms with Crippen molar-refractivity contribution in [2.75, 3.05) is 38.2 Å². The van der Waals surface area contributed by atoms with Crippen molar-refractivity contribution in [3.8, 4) is 5.75 Å². The second-order valence-corrected chi connectivity index (χ2v) is 10.8. The fourth-order valence-electron chi connectivity index (χ4n) is 4.07. The Morgan fingerprint density at radius 2 is 1.94 bits per heavy atom. The van der Waals surface area contributed by atoms with Crippen LogP contribution >= 0.6 is 0 Å². The summed E-state index contributed by atoms with van der Waals surface area (Å²) in [4.78, 5) is 12.8. The van der Waals surface area contributed by atoms with E-state index < -0.39 is 10.0 Å². The van der Waals surface area contributed by atoms with Gasteiger partial charge in [0.05, 0.1) is 25.5 Å². The number of morpholine rings is 1. The Labute approximate surface area is 202 Å². The van der Waals surface area contributed by atoms with Crippen LogP contribution in [0.1, 0.15) is 44.1 Å². The number of nitrogens with one attached hydrogen (secondary N) is 1. The molecule has 3 rings (SSSR count). The molecule has 2 aromatic rings. The molecule has 0 radical (unpaired) electrons. The maximum Gasteiger partial charge on any atom is 0.246 e. The number of hydrogen-bond donors (Lipinski definition) is 1. The molecule has 0 saturated carbocycles. The molecule has 1 aliphatic rings. The van der Waals surface area contributed by atoms with Crippen LogP contribution in [0.15, 0.2) is 23.1 Å². The number of amides is 1. The van der Waals surface area contributed by atoms with Gasteiger partial charge in [-0.3, -0.25) is 9.48 Å². The summed E-state index contributed by atoms with van der Waals surface area (Å²) in [6.45, 7) is 12.5. The molecule has 0 spiro atoms. The molecule has 0 aliphatic carbocycles. The van der Waals surface area contributed by atoms with Gasteiger partial charge in [0.1, 0.15) is 10.6 Å². The summed E-state index contributed by atoms with van der Waals surface area (Å²) < 4.78 is 40.8. The van der Waals surface area contributed by atoms with Gasteiger partial charge in [-0.25, -0.2) is 8.42 Å². The number of rotatable bonds is 10. The summed E-state index contributed by atoms with van der Waals surface area (Å²) in [5.41, 5.74) is 3.52. The predicted octanol–water partition coefficient (Wildman–Crippen LogP) is 3.15. The summed E-state index contributed by atoms with van der Waals surface area (Å²) in [6, 6.07) is 4.74. The Morgan fingerprint density at radius 1 is 1.24 bits per heavy atom. The summed E-state index contributed by atoms with van der Waals surface area (Å²) in [7, 11) is -3.78. The predicted molar refractivity (Wildman–Crippen MR) is 131 cm³/mol. The van der Waals surface area contributed by atoms with Crippen LogP contribution in [-0.2, 0) is 32.5 Å². The van der Waals surface area contributed by atoms with Crippen molar-refractivity contribution in [1.82, 2.24) is 14.1 Å². The molecule has 10 heteroatoms. The van der Waals surface area contributed by atoms with Gasteiger partial charge in [0.2, 0.25) is 15.9 Å². The Balaban J connectivity index is 1.74. The number of carbonyl (C=O) groups is 1. The first-order valence-corrected chi connectivity index (χ1v) is 13.2. The van der Waals surface area contributed by atoms with Gasteiger partial charge in [-0.15, -0.1) is 0 Å². The van der Waals surface area contributed by atoms with Crippen molar-refractivity contribution in [3.05, 3.63) is 35.2 Å². The van der Waals surface area contributed by atoms with E-state index >= 15 is 0 Å². The summed E-state index contributed by atoms with van der Waals surface area (Å²) in [5.74, 6) is 0.571. The Kier molecular flexibility index (Phi) is 8.72. The number of hydrogen-bond acceptors (Lipinski definition) is 6. The molecular weight excluding hydrogens is 456 g/mol. The van der Waals surface area contributed by atoms with Gasteiger partial charge < -0.3 is 14.8 Å². The normalized spacial score (nSPS) is 15.0. The van der Waals surface area contributed by atoms with Gasteiger partial charge in [0.15, 0.2) is 0 Å². The Morgan fingerprint density at radius 3 is 2.59 bits per heavy atom. The fraction of sp³-hybridized carbons (Fsp3) is 0.583. The van der Waals surface area contributed by atoms with E-state index in [0.29, 0.717) is 37.8 Å². The number of sulfonamides is 1. The molecule has 1 amide bonds.